The van der Waals surface area contributed by atoms with Crippen molar-refractivity contribution in [3.05, 3.63) is 29.8 Å². The van der Waals surface area contributed by atoms with Crippen LogP contribution in [0.5, 0.6) is 0 Å². The first kappa shape index (κ1) is 13.6. The molecule has 0 aromatic heterocycles. The van der Waals surface area contributed by atoms with Crippen molar-refractivity contribution in [2.75, 3.05) is 36.0 Å². The molecule has 1 aliphatic heterocycles. The monoisotopic (exact) mass is 266 g/mol. The molecule has 1 aliphatic rings. The predicted molar refractivity (Wildman–Crippen MR) is 78.5 cm³/mol. The van der Waals surface area contributed by atoms with E-state index in [0.29, 0.717) is 0 Å². The Morgan fingerprint density at radius 2 is 1.89 bits per heavy atom. The van der Waals surface area contributed by atoms with Crippen molar-refractivity contribution in [2.24, 2.45) is 0 Å². The standard InChI is InChI=1S/C14H22N2OS/c1-2-7-15-12-13-3-5-14(6-4-13)16-8-10-18(17)11-9-16/h3-6,15H,2,7-12H2,1H3. The second-order valence-corrected chi connectivity index (χ2v) is 6.37. The van der Waals surface area contributed by atoms with E-state index in [9.17, 15) is 4.21 Å². The Labute approximate surface area is 112 Å². The third kappa shape index (κ3) is 3.82. The number of rotatable bonds is 5. The Hall–Kier alpha value is -0.870. The molecule has 0 spiro atoms. The Bertz CT molecular complexity index is 381. The maximum atomic E-state index is 11.3. The molecule has 0 saturated carbocycles. The predicted octanol–water partition coefficient (Wildman–Crippen LogP) is 1.75. The molecule has 1 aromatic carbocycles. The Kier molecular flexibility index (Phi) is 5.20. The molecule has 0 atom stereocenters. The van der Waals surface area contributed by atoms with Crippen LogP contribution < -0.4 is 10.2 Å². The first-order chi connectivity index (χ1) is 8.79. The molecule has 3 nitrogen and oxygen atoms in total. The van der Waals surface area contributed by atoms with Gasteiger partial charge in [-0.1, -0.05) is 19.1 Å². The first-order valence-corrected chi connectivity index (χ1v) is 8.18. The molecule has 1 heterocycles. The van der Waals surface area contributed by atoms with Gasteiger partial charge in [-0.2, -0.15) is 0 Å². The van der Waals surface area contributed by atoms with Gasteiger partial charge in [-0.3, -0.25) is 4.21 Å². The molecule has 0 unspecified atom stereocenters. The summed E-state index contributed by atoms with van der Waals surface area (Å²) in [5, 5.41) is 3.40. The van der Waals surface area contributed by atoms with Crippen LogP contribution in [-0.4, -0.2) is 35.3 Å². The third-order valence-corrected chi connectivity index (χ3v) is 4.51. The number of hydrogen-bond donors (Lipinski definition) is 1. The van der Waals surface area contributed by atoms with Gasteiger partial charge >= 0.3 is 0 Å². The van der Waals surface area contributed by atoms with Gasteiger partial charge in [0.05, 0.1) is 0 Å². The van der Waals surface area contributed by atoms with Gasteiger partial charge in [0.1, 0.15) is 0 Å². The highest BCUT2D eigenvalue weighted by Crippen LogP contribution is 2.17. The third-order valence-electron chi connectivity index (χ3n) is 3.24. The van der Waals surface area contributed by atoms with Crippen LogP contribution in [0.25, 0.3) is 0 Å². The van der Waals surface area contributed by atoms with Crippen molar-refractivity contribution >= 4 is 16.5 Å². The molecular weight excluding hydrogens is 244 g/mol. The van der Waals surface area contributed by atoms with Gasteiger partial charge in [0, 0.05) is 47.6 Å². The van der Waals surface area contributed by atoms with Crippen LogP contribution in [0.15, 0.2) is 24.3 Å². The molecule has 1 fully saturated rings. The van der Waals surface area contributed by atoms with Crippen molar-refractivity contribution in [3.8, 4) is 0 Å². The van der Waals surface area contributed by atoms with Crippen LogP contribution in [0.3, 0.4) is 0 Å². The van der Waals surface area contributed by atoms with Crippen LogP contribution in [-0.2, 0) is 17.3 Å². The number of nitrogens with one attached hydrogen (secondary N) is 1. The minimum absolute atomic E-state index is 0.596. The smallest absolute Gasteiger partial charge is 0.0411 e. The fourth-order valence-corrected chi connectivity index (χ4v) is 3.18. The zero-order chi connectivity index (χ0) is 12.8. The van der Waals surface area contributed by atoms with Crippen molar-refractivity contribution < 1.29 is 4.21 Å². The van der Waals surface area contributed by atoms with Gasteiger partial charge in [0.15, 0.2) is 0 Å². The lowest BCUT2D eigenvalue weighted by Crippen LogP contribution is -2.37. The second-order valence-electron chi connectivity index (χ2n) is 4.68. The topological polar surface area (TPSA) is 32.3 Å². The summed E-state index contributed by atoms with van der Waals surface area (Å²) in [4.78, 5) is 2.32. The Morgan fingerprint density at radius 3 is 2.50 bits per heavy atom. The summed E-state index contributed by atoms with van der Waals surface area (Å²) >= 11 is 0. The normalized spacial score (nSPS) is 17.1. The fourth-order valence-electron chi connectivity index (χ4n) is 2.13. The van der Waals surface area contributed by atoms with E-state index in [-0.39, 0.29) is 0 Å². The highest BCUT2D eigenvalue weighted by Gasteiger charge is 2.15. The number of nitrogens with zero attached hydrogens (tertiary/aromatic N) is 1. The van der Waals surface area contributed by atoms with Gasteiger partial charge < -0.3 is 10.2 Å². The largest absolute Gasteiger partial charge is 0.370 e. The quantitative estimate of drug-likeness (QED) is 0.824. The minimum Gasteiger partial charge on any atom is -0.370 e. The van der Waals surface area contributed by atoms with Crippen LogP contribution in [0.2, 0.25) is 0 Å². The zero-order valence-corrected chi connectivity index (χ0v) is 11.8. The average molecular weight is 266 g/mol. The highest BCUT2D eigenvalue weighted by atomic mass is 32.2. The summed E-state index contributed by atoms with van der Waals surface area (Å²) in [6.07, 6.45) is 1.17. The lowest BCUT2D eigenvalue weighted by molar-refractivity contribution is 0.672. The van der Waals surface area contributed by atoms with Gasteiger partial charge in [-0.05, 0) is 30.7 Å². The van der Waals surface area contributed by atoms with E-state index >= 15 is 0 Å². The number of hydrogen-bond acceptors (Lipinski definition) is 3. The van der Waals surface area contributed by atoms with Gasteiger partial charge in [0.25, 0.3) is 0 Å². The van der Waals surface area contributed by atoms with Gasteiger partial charge in [0.2, 0.25) is 0 Å². The molecule has 18 heavy (non-hydrogen) atoms. The molecule has 4 heteroatoms. The molecule has 1 N–H and O–H groups in total. The van der Waals surface area contributed by atoms with E-state index in [4.69, 9.17) is 0 Å². The van der Waals surface area contributed by atoms with E-state index in [1.54, 1.807) is 0 Å². The Balaban J connectivity index is 1.89. The maximum Gasteiger partial charge on any atom is 0.0411 e. The second kappa shape index (κ2) is 6.90. The molecule has 0 amide bonds. The average Bonchev–Trinajstić information content (AvgIpc) is 2.41. The van der Waals surface area contributed by atoms with Crippen LogP contribution >= 0.6 is 0 Å². The van der Waals surface area contributed by atoms with Crippen molar-refractivity contribution in [3.63, 3.8) is 0 Å². The van der Waals surface area contributed by atoms with Crippen LogP contribution in [0, 0.1) is 0 Å². The summed E-state index contributed by atoms with van der Waals surface area (Å²) in [5.74, 6) is 1.61. The molecule has 0 bridgehead atoms. The molecule has 0 radical (unpaired) electrons. The van der Waals surface area contributed by atoms with E-state index in [0.717, 1.165) is 37.7 Å². The number of anilines is 1. The van der Waals surface area contributed by atoms with Crippen molar-refractivity contribution in [2.45, 2.75) is 19.9 Å². The first-order valence-electron chi connectivity index (χ1n) is 6.69. The van der Waals surface area contributed by atoms with E-state index < -0.39 is 10.8 Å². The van der Waals surface area contributed by atoms with E-state index in [2.05, 4.69) is 41.4 Å². The van der Waals surface area contributed by atoms with Crippen molar-refractivity contribution in [1.29, 1.82) is 0 Å². The summed E-state index contributed by atoms with van der Waals surface area (Å²) < 4.78 is 11.3. The SMILES string of the molecule is CCCNCc1ccc(N2CCS(=O)CC2)cc1. The van der Waals surface area contributed by atoms with E-state index in [1.807, 2.05) is 0 Å². The maximum absolute atomic E-state index is 11.3. The zero-order valence-electron chi connectivity index (χ0n) is 11.0. The summed E-state index contributed by atoms with van der Waals surface area (Å²) in [6.45, 7) is 6.02. The minimum atomic E-state index is -0.596. The summed E-state index contributed by atoms with van der Waals surface area (Å²) in [7, 11) is -0.596. The van der Waals surface area contributed by atoms with Gasteiger partial charge in [-0.25, -0.2) is 0 Å². The fraction of sp³-hybridized carbons (Fsp3) is 0.571. The van der Waals surface area contributed by atoms with Crippen molar-refractivity contribution in [1.82, 2.24) is 5.32 Å². The Morgan fingerprint density at radius 1 is 1.22 bits per heavy atom. The highest BCUT2D eigenvalue weighted by molar-refractivity contribution is 7.85. The summed E-state index contributed by atoms with van der Waals surface area (Å²) in [5.41, 5.74) is 2.58. The molecule has 0 aliphatic carbocycles. The number of benzene rings is 1. The molecule has 1 aromatic rings. The van der Waals surface area contributed by atoms with Gasteiger partial charge in [-0.15, -0.1) is 0 Å². The molecular formula is C14H22N2OS. The summed E-state index contributed by atoms with van der Waals surface area (Å²) in [6, 6.07) is 8.72. The lowest BCUT2D eigenvalue weighted by atomic mass is 10.2. The molecule has 2 rings (SSSR count). The molecule has 100 valence electrons. The molecule has 1 saturated heterocycles. The van der Waals surface area contributed by atoms with E-state index in [1.165, 1.54) is 17.7 Å². The van der Waals surface area contributed by atoms with Crippen LogP contribution in [0.4, 0.5) is 5.69 Å². The van der Waals surface area contributed by atoms with Crippen LogP contribution in [0.1, 0.15) is 18.9 Å². The lowest BCUT2D eigenvalue weighted by Gasteiger charge is -2.28.